The number of hydrogen-bond donors (Lipinski definition) is 3. The van der Waals surface area contributed by atoms with Gasteiger partial charge in [-0.3, -0.25) is 20.2 Å². The molecule has 2 aromatic carbocycles. The van der Waals surface area contributed by atoms with Crippen LogP contribution in [-0.2, 0) is 0 Å². The zero-order valence-corrected chi connectivity index (χ0v) is 15.2. The molecule has 0 fully saturated rings. The number of non-ortho nitro benzene ring substituents is 2. The molecule has 0 saturated carbocycles. The molecule has 2 aromatic rings. The standard InChI is InChI=1S/C9H10N2O5.C8H10N2O3/c12-9(13)10-5-6-16-8-3-1-7(2-4-8)11(14)15;9-5-6-13-8-3-1-7(2-4-8)10(11)12/h1-4,10H,5-6H2,(H,12,13);1-4H,5-6,9H2. The summed E-state index contributed by atoms with van der Waals surface area (Å²) in [4.78, 5) is 29.7. The largest absolute Gasteiger partial charge is 0.492 e. The average molecular weight is 408 g/mol. The van der Waals surface area contributed by atoms with E-state index in [4.69, 9.17) is 20.3 Å². The average Bonchev–Trinajstić information content (AvgIpc) is 2.70. The highest BCUT2D eigenvalue weighted by Crippen LogP contribution is 2.17. The maximum absolute atomic E-state index is 10.3. The Labute approximate surface area is 165 Å². The quantitative estimate of drug-likeness (QED) is 0.318. The van der Waals surface area contributed by atoms with Crippen molar-refractivity contribution in [2.45, 2.75) is 0 Å². The van der Waals surface area contributed by atoms with Crippen LogP contribution in [0.3, 0.4) is 0 Å². The fourth-order valence-electron chi connectivity index (χ4n) is 1.83. The number of hydrogen-bond acceptors (Lipinski definition) is 8. The second-order valence-corrected chi connectivity index (χ2v) is 5.22. The normalized spacial score (nSPS) is 9.55. The van der Waals surface area contributed by atoms with E-state index in [0.717, 1.165) is 0 Å². The van der Waals surface area contributed by atoms with Crippen molar-refractivity contribution in [1.29, 1.82) is 0 Å². The van der Waals surface area contributed by atoms with Crippen LogP contribution in [0.2, 0.25) is 0 Å². The van der Waals surface area contributed by atoms with Crippen LogP contribution in [0.5, 0.6) is 11.5 Å². The molecule has 12 heteroatoms. The SMILES string of the molecule is NCCOc1ccc([N+](=O)[O-])cc1.O=C(O)NCCOc1ccc([N+](=O)[O-])cc1. The summed E-state index contributed by atoms with van der Waals surface area (Å²) in [6, 6.07) is 11.4. The third-order valence-electron chi connectivity index (χ3n) is 3.13. The van der Waals surface area contributed by atoms with Gasteiger partial charge in [-0.25, -0.2) is 4.79 Å². The van der Waals surface area contributed by atoms with Gasteiger partial charge in [-0.05, 0) is 24.3 Å². The summed E-state index contributed by atoms with van der Waals surface area (Å²) in [7, 11) is 0. The van der Waals surface area contributed by atoms with Crippen LogP contribution in [0, 0.1) is 20.2 Å². The first kappa shape index (κ1) is 23.1. The molecule has 2 rings (SSSR count). The molecule has 4 N–H and O–H groups in total. The third-order valence-corrected chi connectivity index (χ3v) is 3.13. The van der Waals surface area contributed by atoms with E-state index in [2.05, 4.69) is 5.32 Å². The van der Waals surface area contributed by atoms with E-state index >= 15 is 0 Å². The minimum absolute atomic E-state index is 0.0176. The van der Waals surface area contributed by atoms with Crippen molar-refractivity contribution in [3.63, 3.8) is 0 Å². The van der Waals surface area contributed by atoms with Gasteiger partial charge in [0.05, 0.1) is 16.4 Å². The van der Waals surface area contributed by atoms with Crippen molar-refractivity contribution in [1.82, 2.24) is 5.32 Å². The third kappa shape index (κ3) is 9.53. The molecule has 0 unspecified atom stereocenters. The number of nitro groups is 2. The lowest BCUT2D eigenvalue weighted by atomic mass is 10.3. The van der Waals surface area contributed by atoms with Gasteiger partial charge in [0.2, 0.25) is 0 Å². The van der Waals surface area contributed by atoms with Gasteiger partial charge in [0.15, 0.2) is 0 Å². The first-order chi connectivity index (χ1) is 13.8. The topological polar surface area (TPSA) is 180 Å². The zero-order chi connectivity index (χ0) is 21.6. The maximum Gasteiger partial charge on any atom is 0.404 e. The fourth-order valence-corrected chi connectivity index (χ4v) is 1.83. The van der Waals surface area contributed by atoms with E-state index in [-0.39, 0.29) is 24.5 Å². The van der Waals surface area contributed by atoms with Crippen molar-refractivity contribution < 1.29 is 29.2 Å². The van der Waals surface area contributed by atoms with Gasteiger partial charge in [0, 0.05) is 30.8 Å². The van der Waals surface area contributed by atoms with Gasteiger partial charge < -0.3 is 25.6 Å². The summed E-state index contributed by atoms with van der Waals surface area (Å²) < 4.78 is 10.3. The highest BCUT2D eigenvalue weighted by atomic mass is 16.6. The van der Waals surface area contributed by atoms with Crippen molar-refractivity contribution in [3.8, 4) is 11.5 Å². The molecular formula is C17H20N4O8. The molecule has 0 radical (unpaired) electrons. The van der Waals surface area contributed by atoms with Crippen LogP contribution in [0.25, 0.3) is 0 Å². The number of ether oxygens (including phenoxy) is 2. The van der Waals surface area contributed by atoms with Crippen LogP contribution in [-0.4, -0.2) is 47.3 Å². The minimum Gasteiger partial charge on any atom is -0.492 e. The Morgan fingerprint density at radius 1 is 0.897 bits per heavy atom. The van der Waals surface area contributed by atoms with Gasteiger partial charge in [-0.2, -0.15) is 0 Å². The van der Waals surface area contributed by atoms with Gasteiger partial charge in [0.1, 0.15) is 24.7 Å². The van der Waals surface area contributed by atoms with Gasteiger partial charge in [-0.15, -0.1) is 0 Å². The number of nitro benzene ring substituents is 2. The van der Waals surface area contributed by atoms with Gasteiger partial charge >= 0.3 is 6.09 Å². The van der Waals surface area contributed by atoms with Gasteiger partial charge in [-0.1, -0.05) is 0 Å². The molecule has 29 heavy (non-hydrogen) atoms. The lowest BCUT2D eigenvalue weighted by molar-refractivity contribution is -0.385. The first-order valence-corrected chi connectivity index (χ1v) is 8.25. The van der Waals surface area contributed by atoms with Crippen LogP contribution in [0.4, 0.5) is 16.2 Å². The summed E-state index contributed by atoms with van der Waals surface area (Å²) >= 11 is 0. The predicted octanol–water partition coefficient (Wildman–Crippen LogP) is 2.17. The van der Waals surface area contributed by atoms with E-state index in [0.29, 0.717) is 24.7 Å². The molecule has 0 spiro atoms. The van der Waals surface area contributed by atoms with Crippen molar-refractivity contribution in [3.05, 3.63) is 68.8 Å². The molecule has 0 bridgehead atoms. The molecule has 0 aliphatic rings. The molecule has 0 heterocycles. The second-order valence-electron chi connectivity index (χ2n) is 5.22. The number of nitrogens with zero attached hydrogens (tertiary/aromatic N) is 2. The monoisotopic (exact) mass is 408 g/mol. The number of carboxylic acid groups (broad SMARTS) is 1. The van der Waals surface area contributed by atoms with Gasteiger partial charge in [0.25, 0.3) is 11.4 Å². The smallest absolute Gasteiger partial charge is 0.404 e. The zero-order valence-electron chi connectivity index (χ0n) is 15.2. The van der Waals surface area contributed by atoms with Crippen molar-refractivity contribution in [2.75, 3.05) is 26.3 Å². The van der Waals surface area contributed by atoms with E-state index in [1.54, 1.807) is 12.1 Å². The molecule has 0 aromatic heterocycles. The molecule has 0 atom stereocenters. The summed E-state index contributed by atoms with van der Waals surface area (Å²) in [6.45, 7) is 1.17. The summed E-state index contributed by atoms with van der Waals surface area (Å²) in [5.41, 5.74) is 5.26. The molecule has 12 nitrogen and oxygen atoms in total. The van der Waals surface area contributed by atoms with E-state index in [9.17, 15) is 25.0 Å². The van der Waals surface area contributed by atoms with Crippen LogP contribution < -0.4 is 20.5 Å². The molecule has 0 aliphatic carbocycles. The Balaban J connectivity index is 0.000000296. The minimum atomic E-state index is -1.12. The highest BCUT2D eigenvalue weighted by Gasteiger charge is 2.04. The summed E-state index contributed by atoms with van der Waals surface area (Å²) in [5.74, 6) is 1.05. The highest BCUT2D eigenvalue weighted by molar-refractivity contribution is 5.64. The number of benzene rings is 2. The number of rotatable bonds is 9. The first-order valence-electron chi connectivity index (χ1n) is 8.25. The number of carbonyl (C=O) groups is 1. The Morgan fingerprint density at radius 3 is 1.66 bits per heavy atom. The van der Waals surface area contributed by atoms with Crippen molar-refractivity contribution >= 4 is 17.5 Å². The second kappa shape index (κ2) is 12.5. The Kier molecular flexibility index (Phi) is 9.93. The molecular weight excluding hydrogens is 388 g/mol. The number of nitrogens with two attached hydrogens (primary N) is 1. The molecule has 0 saturated heterocycles. The Hall–Kier alpha value is -3.93. The fraction of sp³-hybridized carbons (Fsp3) is 0.235. The van der Waals surface area contributed by atoms with E-state index in [1.807, 2.05) is 0 Å². The van der Waals surface area contributed by atoms with E-state index in [1.165, 1.54) is 36.4 Å². The summed E-state index contributed by atoms with van der Waals surface area (Å²) in [6.07, 6.45) is -1.12. The van der Waals surface area contributed by atoms with Crippen molar-refractivity contribution in [2.24, 2.45) is 5.73 Å². The predicted molar refractivity (Wildman–Crippen MR) is 102 cm³/mol. The van der Waals surface area contributed by atoms with E-state index < -0.39 is 15.9 Å². The Morgan fingerprint density at radius 2 is 1.31 bits per heavy atom. The number of nitrogens with one attached hydrogen (secondary N) is 1. The van der Waals surface area contributed by atoms with Crippen LogP contribution >= 0.6 is 0 Å². The number of amides is 1. The lowest BCUT2D eigenvalue weighted by Crippen LogP contribution is -2.26. The van der Waals surface area contributed by atoms with Crippen LogP contribution in [0.1, 0.15) is 0 Å². The maximum atomic E-state index is 10.3. The lowest BCUT2D eigenvalue weighted by Gasteiger charge is -2.05. The molecule has 1 amide bonds. The molecule has 0 aliphatic heterocycles. The molecule has 156 valence electrons. The Bertz CT molecular complexity index is 796. The van der Waals surface area contributed by atoms with Crippen LogP contribution in [0.15, 0.2) is 48.5 Å². The summed E-state index contributed by atoms with van der Waals surface area (Å²) in [5, 5.41) is 31.0.